The lowest BCUT2D eigenvalue weighted by Crippen LogP contribution is -2.30. The van der Waals surface area contributed by atoms with Gasteiger partial charge in [-0.1, -0.05) is 35.9 Å². The fraction of sp³-hybridized carbons (Fsp3) is 0.100. The number of para-hydroxylation sites is 1. The molecule has 7 heteroatoms. The number of halogens is 1. The van der Waals surface area contributed by atoms with Gasteiger partial charge in [-0.05, 0) is 29.8 Å². The van der Waals surface area contributed by atoms with Gasteiger partial charge < -0.3 is 19.6 Å². The Morgan fingerprint density at radius 3 is 2.56 bits per heavy atom. The van der Waals surface area contributed by atoms with Gasteiger partial charge in [0.2, 0.25) is 5.88 Å². The first-order chi connectivity index (χ1) is 13.0. The van der Waals surface area contributed by atoms with Gasteiger partial charge >= 0.3 is 11.6 Å². The molecule has 136 valence electrons. The number of carbonyl (C=O) groups is 1. The predicted octanol–water partition coefficient (Wildman–Crippen LogP) is 3.31. The number of fused-ring (bicyclic) bond motifs is 3. The Bertz CT molecular complexity index is 1150. The van der Waals surface area contributed by atoms with Crippen molar-refractivity contribution in [1.82, 2.24) is 0 Å². The fourth-order valence-electron chi connectivity index (χ4n) is 3.26. The summed E-state index contributed by atoms with van der Waals surface area (Å²) in [7, 11) is 1.24. The summed E-state index contributed by atoms with van der Waals surface area (Å²) in [6.07, 6.45) is 0. The third-order valence-electron chi connectivity index (χ3n) is 4.46. The van der Waals surface area contributed by atoms with Crippen LogP contribution in [0.5, 0.6) is 5.75 Å². The van der Waals surface area contributed by atoms with E-state index in [9.17, 15) is 9.59 Å². The van der Waals surface area contributed by atoms with Gasteiger partial charge in [0.15, 0.2) is 5.75 Å². The molecule has 0 saturated heterocycles. The average molecular weight is 384 g/mol. The van der Waals surface area contributed by atoms with Crippen molar-refractivity contribution in [2.75, 3.05) is 7.11 Å². The van der Waals surface area contributed by atoms with Crippen LogP contribution < -0.4 is 16.1 Å². The molecule has 0 aliphatic carbocycles. The predicted molar refractivity (Wildman–Crippen MR) is 99.6 cm³/mol. The van der Waals surface area contributed by atoms with E-state index in [1.54, 1.807) is 48.5 Å². The van der Waals surface area contributed by atoms with Crippen molar-refractivity contribution in [3.63, 3.8) is 0 Å². The zero-order chi connectivity index (χ0) is 19.1. The summed E-state index contributed by atoms with van der Waals surface area (Å²) >= 11 is 5.98. The van der Waals surface area contributed by atoms with Crippen molar-refractivity contribution in [3.8, 4) is 5.75 Å². The van der Waals surface area contributed by atoms with Gasteiger partial charge in [0.25, 0.3) is 0 Å². The fourth-order valence-corrected chi connectivity index (χ4v) is 3.39. The molecule has 0 amide bonds. The highest BCUT2D eigenvalue weighted by molar-refractivity contribution is 6.30. The van der Waals surface area contributed by atoms with Crippen LogP contribution in [-0.4, -0.2) is 13.1 Å². The molecule has 1 aromatic heterocycles. The van der Waals surface area contributed by atoms with Crippen LogP contribution in [0, 0.1) is 0 Å². The van der Waals surface area contributed by atoms with Gasteiger partial charge in [0.1, 0.15) is 11.2 Å². The van der Waals surface area contributed by atoms with E-state index < -0.39 is 17.5 Å². The molecule has 0 bridgehead atoms. The molecule has 1 aliphatic heterocycles. The van der Waals surface area contributed by atoms with Gasteiger partial charge in [-0.2, -0.15) is 0 Å². The first kappa shape index (κ1) is 17.2. The van der Waals surface area contributed by atoms with Crippen LogP contribution in [0.2, 0.25) is 5.02 Å². The number of benzene rings is 2. The molecule has 27 heavy (non-hydrogen) atoms. The Morgan fingerprint density at radius 2 is 1.85 bits per heavy atom. The normalized spacial score (nSPS) is 16.0. The molecular weight excluding hydrogens is 370 g/mol. The Morgan fingerprint density at radius 1 is 1.15 bits per heavy atom. The molecule has 3 aromatic rings. The first-order valence-corrected chi connectivity index (χ1v) is 8.46. The highest BCUT2D eigenvalue weighted by Gasteiger charge is 2.39. The summed E-state index contributed by atoms with van der Waals surface area (Å²) in [6, 6.07) is 13.7. The molecule has 0 spiro atoms. The summed E-state index contributed by atoms with van der Waals surface area (Å²) in [5.41, 5.74) is 6.68. The number of hydrogen-bond donors (Lipinski definition) is 1. The van der Waals surface area contributed by atoms with Gasteiger partial charge in [0.05, 0.1) is 24.0 Å². The monoisotopic (exact) mass is 383 g/mol. The van der Waals surface area contributed by atoms with Crippen LogP contribution in [0.1, 0.15) is 17.0 Å². The van der Waals surface area contributed by atoms with Gasteiger partial charge in [-0.3, -0.25) is 0 Å². The average Bonchev–Trinajstić information content (AvgIpc) is 2.67. The number of ether oxygens (including phenoxy) is 2. The summed E-state index contributed by atoms with van der Waals surface area (Å²) < 4.78 is 16.0. The van der Waals surface area contributed by atoms with Gasteiger partial charge in [0, 0.05) is 5.02 Å². The van der Waals surface area contributed by atoms with Crippen LogP contribution in [-0.2, 0) is 9.53 Å². The molecule has 4 rings (SSSR count). The lowest BCUT2D eigenvalue weighted by Gasteiger charge is -2.27. The number of hydrogen-bond acceptors (Lipinski definition) is 6. The molecule has 1 unspecified atom stereocenters. The molecule has 2 heterocycles. The van der Waals surface area contributed by atoms with E-state index in [-0.39, 0.29) is 22.8 Å². The Labute approximate surface area is 158 Å². The maximum Gasteiger partial charge on any atom is 0.344 e. The number of esters is 1. The van der Waals surface area contributed by atoms with E-state index in [0.29, 0.717) is 21.6 Å². The minimum Gasteiger partial charge on any atom is -0.465 e. The van der Waals surface area contributed by atoms with E-state index in [1.165, 1.54) is 7.11 Å². The molecule has 1 atom stereocenters. The first-order valence-electron chi connectivity index (χ1n) is 8.08. The van der Waals surface area contributed by atoms with Crippen LogP contribution in [0.4, 0.5) is 0 Å². The third-order valence-corrected chi connectivity index (χ3v) is 4.71. The molecule has 6 nitrogen and oxygen atoms in total. The van der Waals surface area contributed by atoms with E-state index in [4.69, 9.17) is 31.2 Å². The molecule has 2 N–H and O–H groups in total. The van der Waals surface area contributed by atoms with Crippen molar-refractivity contribution in [3.05, 3.63) is 86.6 Å². The molecule has 2 aromatic carbocycles. The zero-order valence-electron chi connectivity index (χ0n) is 14.2. The summed E-state index contributed by atoms with van der Waals surface area (Å²) in [5.74, 6) is -1.35. The van der Waals surface area contributed by atoms with Crippen molar-refractivity contribution < 1.29 is 18.7 Å². The summed E-state index contributed by atoms with van der Waals surface area (Å²) in [6.45, 7) is 0. The molecule has 0 saturated carbocycles. The number of nitrogens with two attached hydrogens (primary N) is 1. The molecular formula is C20H14ClNO5. The molecule has 0 fully saturated rings. The van der Waals surface area contributed by atoms with Crippen molar-refractivity contribution in [2.24, 2.45) is 5.73 Å². The van der Waals surface area contributed by atoms with E-state index >= 15 is 0 Å². The maximum absolute atomic E-state index is 12.8. The largest absolute Gasteiger partial charge is 0.465 e. The SMILES string of the molecule is COC(=O)C1=C(N)Oc2c(c(=O)oc3ccccc23)C1c1ccc(Cl)cc1. The second-order valence-electron chi connectivity index (χ2n) is 5.98. The van der Waals surface area contributed by atoms with Gasteiger partial charge in [-0.15, -0.1) is 0 Å². The number of rotatable bonds is 2. The van der Waals surface area contributed by atoms with E-state index in [2.05, 4.69) is 0 Å². The van der Waals surface area contributed by atoms with Crippen molar-refractivity contribution in [2.45, 2.75) is 5.92 Å². The number of methoxy groups -OCH3 is 1. The summed E-state index contributed by atoms with van der Waals surface area (Å²) in [5, 5.41) is 1.10. The topological polar surface area (TPSA) is 91.8 Å². The third kappa shape index (κ3) is 2.74. The van der Waals surface area contributed by atoms with Crippen LogP contribution >= 0.6 is 11.6 Å². The lowest BCUT2D eigenvalue weighted by atomic mass is 9.83. The smallest absolute Gasteiger partial charge is 0.344 e. The highest BCUT2D eigenvalue weighted by atomic mass is 35.5. The second-order valence-corrected chi connectivity index (χ2v) is 6.42. The highest BCUT2D eigenvalue weighted by Crippen LogP contribution is 2.44. The van der Waals surface area contributed by atoms with E-state index in [1.807, 2.05) is 0 Å². The van der Waals surface area contributed by atoms with Crippen LogP contribution in [0.3, 0.4) is 0 Å². The standard InChI is InChI=1S/C20H14ClNO5/c1-25-19(23)16-14(10-6-8-11(21)9-7-10)15-17(27-18(16)22)12-4-2-3-5-13(12)26-20(15)24/h2-9,14H,22H2,1H3. The Kier molecular flexibility index (Phi) is 4.12. The van der Waals surface area contributed by atoms with Crippen molar-refractivity contribution >= 4 is 28.5 Å². The minimum atomic E-state index is -0.806. The van der Waals surface area contributed by atoms with E-state index in [0.717, 1.165) is 0 Å². The molecule has 0 radical (unpaired) electrons. The molecule has 1 aliphatic rings. The minimum absolute atomic E-state index is 0.0369. The number of carbonyl (C=O) groups excluding carboxylic acids is 1. The quantitative estimate of drug-likeness (QED) is 0.539. The Balaban J connectivity index is 2.07. The van der Waals surface area contributed by atoms with Crippen LogP contribution in [0.25, 0.3) is 11.0 Å². The maximum atomic E-state index is 12.8. The lowest BCUT2D eigenvalue weighted by molar-refractivity contribution is -0.136. The van der Waals surface area contributed by atoms with Crippen LogP contribution in [0.15, 0.2) is 69.2 Å². The Hall–Kier alpha value is -3.25. The van der Waals surface area contributed by atoms with Gasteiger partial charge in [-0.25, -0.2) is 9.59 Å². The zero-order valence-corrected chi connectivity index (χ0v) is 14.9. The second kappa shape index (κ2) is 6.48. The van der Waals surface area contributed by atoms with Crippen molar-refractivity contribution in [1.29, 1.82) is 0 Å². The summed E-state index contributed by atoms with van der Waals surface area (Å²) in [4.78, 5) is 25.2.